The number of para-hydroxylation sites is 1. The third kappa shape index (κ3) is 1.96. The monoisotopic (exact) mass is 250 g/mol. The first-order valence-electron chi connectivity index (χ1n) is 5.83. The predicted molar refractivity (Wildman–Crippen MR) is 65.7 cm³/mol. The Morgan fingerprint density at radius 1 is 1.56 bits per heavy atom. The van der Waals surface area contributed by atoms with Crippen LogP contribution in [0.25, 0.3) is 11.0 Å². The van der Waals surface area contributed by atoms with Crippen LogP contribution in [0.3, 0.4) is 0 Å². The number of carbonyl (C=O) groups excluding carboxylic acids is 1. The van der Waals surface area contributed by atoms with Crippen LogP contribution in [-0.2, 0) is 16.6 Å². The van der Waals surface area contributed by atoms with Crippen LogP contribution >= 0.6 is 0 Å². The van der Waals surface area contributed by atoms with Gasteiger partial charge in [0.2, 0.25) is 0 Å². The summed E-state index contributed by atoms with van der Waals surface area (Å²) in [7, 11) is 1.76. The van der Waals surface area contributed by atoms with E-state index in [4.69, 9.17) is 4.74 Å². The number of fused-ring (bicyclic) bond motifs is 1. The zero-order valence-corrected chi connectivity index (χ0v) is 10.6. The van der Waals surface area contributed by atoms with E-state index in [0.717, 1.165) is 0 Å². The number of hydrogen-bond donors (Lipinski definition) is 0. The number of carbonyl (C=O) groups is 1. The van der Waals surface area contributed by atoms with Gasteiger partial charge in [-0.3, -0.25) is 4.79 Å². The minimum absolute atomic E-state index is 0.283. The number of benzene rings is 1. The molecular formula is C13H15FN2O2. The van der Waals surface area contributed by atoms with E-state index >= 15 is 0 Å². The van der Waals surface area contributed by atoms with Crippen molar-refractivity contribution in [3.63, 3.8) is 0 Å². The fraction of sp³-hybridized carbons (Fsp3) is 0.385. The number of aromatic nitrogens is 2. The molecule has 5 heteroatoms. The largest absolute Gasteiger partial charge is 0.465 e. The van der Waals surface area contributed by atoms with E-state index in [-0.39, 0.29) is 17.3 Å². The molecule has 0 spiro atoms. The number of esters is 1. The summed E-state index contributed by atoms with van der Waals surface area (Å²) in [5.74, 6) is -0.739. The number of hydrogen-bond acceptors (Lipinski definition) is 3. The molecule has 0 fully saturated rings. The fourth-order valence-electron chi connectivity index (χ4n) is 1.96. The summed E-state index contributed by atoms with van der Waals surface area (Å²) in [5.41, 5.74) is 0.951. The molecule has 96 valence electrons. The molecule has 0 aliphatic rings. The lowest BCUT2D eigenvalue weighted by Gasteiger charge is -2.10. The van der Waals surface area contributed by atoms with Crippen molar-refractivity contribution < 1.29 is 13.9 Å². The van der Waals surface area contributed by atoms with Crippen molar-refractivity contribution in [2.45, 2.75) is 19.8 Å². The zero-order valence-electron chi connectivity index (χ0n) is 10.6. The van der Waals surface area contributed by atoms with Crippen LogP contribution in [0, 0.1) is 5.82 Å². The lowest BCUT2D eigenvalue weighted by Crippen LogP contribution is -2.16. The SMILES string of the molecule is CCOC(=O)C(C)c1nc2c(F)cccc2n1C. The molecule has 0 N–H and O–H groups in total. The Morgan fingerprint density at radius 3 is 2.89 bits per heavy atom. The molecule has 1 heterocycles. The van der Waals surface area contributed by atoms with Crippen LogP contribution < -0.4 is 0 Å². The number of nitrogens with zero attached hydrogens (tertiary/aromatic N) is 2. The maximum Gasteiger partial charge on any atom is 0.316 e. The van der Waals surface area contributed by atoms with Crippen molar-refractivity contribution in [1.82, 2.24) is 9.55 Å². The van der Waals surface area contributed by atoms with Crippen molar-refractivity contribution >= 4 is 17.0 Å². The quantitative estimate of drug-likeness (QED) is 0.785. The molecule has 4 nitrogen and oxygen atoms in total. The van der Waals surface area contributed by atoms with Gasteiger partial charge >= 0.3 is 5.97 Å². The minimum atomic E-state index is -0.512. The van der Waals surface area contributed by atoms with Gasteiger partial charge in [0, 0.05) is 7.05 Å². The van der Waals surface area contributed by atoms with E-state index < -0.39 is 5.92 Å². The van der Waals surface area contributed by atoms with Crippen LogP contribution in [0.15, 0.2) is 18.2 Å². The Labute approximate surface area is 104 Å². The highest BCUT2D eigenvalue weighted by Crippen LogP contribution is 2.23. The van der Waals surface area contributed by atoms with Gasteiger partial charge in [0.25, 0.3) is 0 Å². The molecule has 0 amide bonds. The van der Waals surface area contributed by atoms with Crippen LogP contribution in [0.2, 0.25) is 0 Å². The van der Waals surface area contributed by atoms with E-state index in [1.807, 2.05) is 0 Å². The molecule has 0 aliphatic heterocycles. The summed E-state index contributed by atoms with van der Waals surface area (Å²) >= 11 is 0. The van der Waals surface area contributed by atoms with Crippen molar-refractivity contribution in [3.8, 4) is 0 Å². The Bertz CT molecular complexity index is 592. The van der Waals surface area contributed by atoms with Gasteiger partial charge in [-0.05, 0) is 26.0 Å². The third-order valence-electron chi connectivity index (χ3n) is 2.92. The van der Waals surface area contributed by atoms with Crippen LogP contribution in [0.5, 0.6) is 0 Å². The molecule has 18 heavy (non-hydrogen) atoms. The van der Waals surface area contributed by atoms with Crippen molar-refractivity contribution in [3.05, 3.63) is 29.8 Å². The summed E-state index contributed by atoms with van der Waals surface area (Å²) in [4.78, 5) is 15.9. The highest BCUT2D eigenvalue weighted by Gasteiger charge is 2.23. The Morgan fingerprint density at radius 2 is 2.28 bits per heavy atom. The summed E-state index contributed by atoms with van der Waals surface area (Å²) < 4.78 is 20.3. The maximum atomic E-state index is 13.6. The van der Waals surface area contributed by atoms with E-state index in [1.54, 1.807) is 37.6 Å². The van der Waals surface area contributed by atoms with Gasteiger partial charge in [-0.1, -0.05) is 6.07 Å². The smallest absolute Gasteiger partial charge is 0.316 e. The average molecular weight is 250 g/mol. The van der Waals surface area contributed by atoms with E-state index in [1.165, 1.54) is 6.07 Å². The molecule has 1 aromatic heterocycles. The first-order valence-corrected chi connectivity index (χ1v) is 5.83. The molecule has 1 aromatic carbocycles. The molecule has 1 atom stereocenters. The van der Waals surface area contributed by atoms with Crippen molar-refractivity contribution in [2.24, 2.45) is 7.05 Å². The topological polar surface area (TPSA) is 44.1 Å². The van der Waals surface area contributed by atoms with Gasteiger partial charge in [0.15, 0.2) is 5.82 Å². The molecule has 0 saturated carbocycles. The fourth-order valence-corrected chi connectivity index (χ4v) is 1.96. The summed E-state index contributed by atoms with van der Waals surface area (Å²) in [5, 5.41) is 0. The average Bonchev–Trinajstić information content (AvgIpc) is 2.68. The zero-order chi connectivity index (χ0) is 13.3. The van der Waals surface area contributed by atoms with Gasteiger partial charge in [-0.2, -0.15) is 0 Å². The Hall–Kier alpha value is -1.91. The van der Waals surface area contributed by atoms with Gasteiger partial charge in [0.05, 0.1) is 12.1 Å². The van der Waals surface area contributed by atoms with E-state index in [0.29, 0.717) is 17.9 Å². The highest BCUT2D eigenvalue weighted by atomic mass is 19.1. The molecule has 2 aromatic rings. The lowest BCUT2D eigenvalue weighted by atomic mass is 10.2. The molecule has 0 saturated heterocycles. The molecule has 0 radical (unpaired) electrons. The first kappa shape index (κ1) is 12.5. The molecule has 2 rings (SSSR count). The number of halogens is 1. The lowest BCUT2D eigenvalue weighted by molar-refractivity contribution is -0.144. The standard InChI is InChI=1S/C13H15FN2O2/c1-4-18-13(17)8(2)12-15-11-9(14)6-5-7-10(11)16(12)3/h5-8H,4H2,1-3H3. The normalized spacial score (nSPS) is 12.7. The molecular weight excluding hydrogens is 235 g/mol. The predicted octanol–water partition coefficient (Wildman–Crippen LogP) is 2.38. The van der Waals surface area contributed by atoms with Crippen LogP contribution in [0.4, 0.5) is 4.39 Å². The molecule has 0 aliphatic carbocycles. The first-order chi connectivity index (χ1) is 8.56. The van der Waals surface area contributed by atoms with Gasteiger partial charge < -0.3 is 9.30 Å². The van der Waals surface area contributed by atoms with Gasteiger partial charge in [-0.15, -0.1) is 0 Å². The number of aryl methyl sites for hydroxylation is 1. The highest BCUT2D eigenvalue weighted by molar-refractivity contribution is 5.81. The Balaban J connectivity index is 2.49. The van der Waals surface area contributed by atoms with E-state index in [2.05, 4.69) is 4.98 Å². The van der Waals surface area contributed by atoms with Crippen molar-refractivity contribution in [1.29, 1.82) is 0 Å². The second-order valence-corrected chi connectivity index (χ2v) is 4.11. The minimum Gasteiger partial charge on any atom is -0.465 e. The van der Waals surface area contributed by atoms with Crippen LogP contribution in [0.1, 0.15) is 25.6 Å². The second kappa shape index (κ2) is 4.76. The second-order valence-electron chi connectivity index (χ2n) is 4.11. The van der Waals surface area contributed by atoms with Gasteiger partial charge in [0.1, 0.15) is 17.3 Å². The van der Waals surface area contributed by atoms with Crippen molar-refractivity contribution in [2.75, 3.05) is 6.61 Å². The summed E-state index contributed by atoms with van der Waals surface area (Å²) in [6, 6.07) is 4.75. The van der Waals surface area contributed by atoms with E-state index in [9.17, 15) is 9.18 Å². The third-order valence-corrected chi connectivity index (χ3v) is 2.92. The molecule has 1 unspecified atom stereocenters. The molecule has 0 bridgehead atoms. The van der Waals surface area contributed by atoms with Gasteiger partial charge in [-0.25, -0.2) is 9.37 Å². The summed E-state index contributed by atoms with van der Waals surface area (Å²) in [6.45, 7) is 3.78. The number of imidazole rings is 1. The summed E-state index contributed by atoms with van der Waals surface area (Å²) in [6.07, 6.45) is 0. The van der Waals surface area contributed by atoms with Crippen LogP contribution in [-0.4, -0.2) is 22.1 Å². The number of ether oxygens (including phenoxy) is 1. The Kier molecular flexibility index (Phi) is 3.32. The maximum absolute atomic E-state index is 13.6. The number of rotatable bonds is 3.